The quantitative estimate of drug-likeness (QED) is 0.547. The fraction of sp³-hybridized carbons (Fsp3) is 0.636. The van der Waals surface area contributed by atoms with Crippen molar-refractivity contribution in [2.75, 3.05) is 26.2 Å². The first-order chi connectivity index (χ1) is 7.63. The number of carbonyl (C=O) groups excluding carboxylic acids is 1. The molecule has 0 saturated carbocycles. The molecule has 0 aromatic carbocycles. The lowest BCUT2D eigenvalue weighted by atomic mass is 9.97. The minimum Gasteiger partial charge on any atom is -0.481 e. The molecule has 16 heavy (non-hydrogen) atoms. The number of carboxylic acids is 1. The first-order valence-corrected chi connectivity index (χ1v) is 5.35. The van der Waals surface area contributed by atoms with Gasteiger partial charge in [-0.3, -0.25) is 14.5 Å². The van der Waals surface area contributed by atoms with E-state index in [0.717, 1.165) is 0 Å². The number of aliphatic carboxylic acids is 1. The maximum Gasteiger partial charge on any atom is 0.320 e. The van der Waals surface area contributed by atoms with E-state index in [1.54, 1.807) is 0 Å². The summed E-state index contributed by atoms with van der Waals surface area (Å²) in [7, 11) is 0. The van der Waals surface area contributed by atoms with Crippen LogP contribution in [0.2, 0.25) is 0 Å². The van der Waals surface area contributed by atoms with Crippen LogP contribution in [0.5, 0.6) is 0 Å². The summed E-state index contributed by atoms with van der Waals surface area (Å²) >= 11 is 0. The third kappa shape index (κ3) is 4.02. The number of nitrogens with zero attached hydrogens (tertiary/aromatic N) is 1. The van der Waals surface area contributed by atoms with Gasteiger partial charge in [0, 0.05) is 0 Å². The Morgan fingerprint density at radius 2 is 2.06 bits per heavy atom. The molecule has 90 valence electrons. The van der Waals surface area contributed by atoms with E-state index < -0.39 is 5.97 Å². The van der Waals surface area contributed by atoms with Crippen molar-refractivity contribution in [1.82, 2.24) is 4.90 Å². The molecule has 1 saturated heterocycles. The monoisotopic (exact) mass is 227 g/mol. The van der Waals surface area contributed by atoms with E-state index in [9.17, 15) is 9.59 Å². The van der Waals surface area contributed by atoms with Gasteiger partial charge in [0.15, 0.2) is 0 Å². The molecular formula is C11H17NO4. The van der Waals surface area contributed by atoms with Crippen LogP contribution < -0.4 is 0 Å². The Morgan fingerprint density at radius 3 is 2.56 bits per heavy atom. The fourth-order valence-corrected chi connectivity index (χ4v) is 1.72. The molecule has 1 aliphatic rings. The number of esters is 1. The molecule has 1 heterocycles. The zero-order valence-electron chi connectivity index (χ0n) is 9.22. The van der Waals surface area contributed by atoms with Gasteiger partial charge in [0.05, 0.1) is 12.5 Å². The zero-order valence-corrected chi connectivity index (χ0v) is 9.22. The number of carbonyl (C=O) groups is 2. The van der Waals surface area contributed by atoms with Gasteiger partial charge in [0.2, 0.25) is 0 Å². The molecule has 1 fully saturated rings. The van der Waals surface area contributed by atoms with Gasteiger partial charge in [-0.25, -0.2) is 0 Å². The summed E-state index contributed by atoms with van der Waals surface area (Å²) in [5.74, 6) is -1.29. The lowest BCUT2D eigenvalue weighted by Crippen LogP contribution is -2.39. The zero-order chi connectivity index (χ0) is 12.0. The van der Waals surface area contributed by atoms with Gasteiger partial charge < -0.3 is 9.84 Å². The number of likely N-dealkylation sites (tertiary alicyclic amines) is 1. The van der Waals surface area contributed by atoms with E-state index in [4.69, 9.17) is 9.84 Å². The lowest BCUT2D eigenvalue weighted by Gasteiger charge is -2.28. The molecule has 5 heteroatoms. The number of carboxylic acid groups (broad SMARTS) is 1. The SMILES string of the molecule is C=CCOC(=O)CN1CCC(C(=O)O)CC1. The van der Waals surface area contributed by atoms with E-state index in [-0.39, 0.29) is 25.0 Å². The van der Waals surface area contributed by atoms with Gasteiger partial charge in [-0.05, 0) is 25.9 Å². The van der Waals surface area contributed by atoms with E-state index >= 15 is 0 Å². The summed E-state index contributed by atoms with van der Waals surface area (Å²) in [5.41, 5.74) is 0. The Labute approximate surface area is 94.7 Å². The van der Waals surface area contributed by atoms with Crippen molar-refractivity contribution in [3.05, 3.63) is 12.7 Å². The second-order valence-electron chi connectivity index (χ2n) is 3.86. The Morgan fingerprint density at radius 1 is 1.44 bits per heavy atom. The molecule has 0 spiro atoms. The molecule has 5 nitrogen and oxygen atoms in total. The van der Waals surface area contributed by atoms with Crippen molar-refractivity contribution in [3.8, 4) is 0 Å². The van der Waals surface area contributed by atoms with Crippen molar-refractivity contribution in [2.24, 2.45) is 5.92 Å². The summed E-state index contributed by atoms with van der Waals surface area (Å²) in [6, 6.07) is 0. The minimum absolute atomic E-state index is 0.227. The smallest absolute Gasteiger partial charge is 0.320 e. The van der Waals surface area contributed by atoms with Crippen LogP contribution in [0, 0.1) is 5.92 Å². The number of ether oxygens (including phenoxy) is 1. The molecule has 0 radical (unpaired) electrons. The molecule has 0 aromatic rings. The molecule has 0 bridgehead atoms. The van der Waals surface area contributed by atoms with Crippen LogP contribution in [-0.2, 0) is 14.3 Å². The van der Waals surface area contributed by atoms with Crippen LogP contribution in [0.3, 0.4) is 0 Å². The number of rotatable bonds is 5. The maximum absolute atomic E-state index is 11.3. The van der Waals surface area contributed by atoms with Gasteiger partial charge in [-0.2, -0.15) is 0 Å². The first-order valence-electron chi connectivity index (χ1n) is 5.35. The molecule has 1 N–H and O–H groups in total. The molecule has 1 aliphatic heterocycles. The molecule has 0 unspecified atom stereocenters. The van der Waals surface area contributed by atoms with Gasteiger partial charge in [0.1, 0.15) is 6.61 Å². The Kier molecular flexibility index (Phi) is 4.98. The first kappa shape index (κ1) is 12.7. The van der Waals surface area contributed by atoms with E-state index in [2.05, 4.69) is 6.58 Å². The van der Waals surface area contributed by atoms with E-state index in [1.807, 2.05) is 4.90 Å². The van der Waals surface area contributed by atoms with Crippen molar-refractivity contribution in [3.63, 3.8) is 0 Å². The normalized spacial score (nSPS) is 18.0. The third-order valence-corrected chi connectivity index (χ3v) is 2.65. The molecule has 0 amide bonds. The Bertz CT molecular complexity index is 269. The summed E-state index contributed by atoms with van der Waals surface area (Å²) in [4.78, 5) is 23.9. The van der Waals surface area contributed by atoms with Gasteiger partial charge in [-0.15, -0.1) is 0 Å². The number of hydrogen-bond acceptors (Lipinski definition) is 4. The van der Waals surface area contributed by atoms with Crippen LogP contribution in [0.1, 0.15) is 12.8 Å². The highest BCUT2D eigenvalue weighted by Crippen LogP contribution is 2.16. The number of piperidine rings is 1. The summed E-state index contributed by atoms with van der Waals surface area (Å²) in [5, 5.41) is 8.80. The predicted molar refractivity (Wildman–Crippen MR) is 58.0 cm³/mol. The van der Waals surface area contributed by atoms with Crippen LogP contribution in [-0.4, -0.2) is 48.2 Å². The van der Waals surface area contributed by atoms with E-state index in [1.165, 1.54) is 6.08 Å². The number of hydrogen-bond donors (Lipinski definition) is 1. The Hall–Kier alpha value is -1.36. The molecule has 0 aliphatic carbocycles. The van der Waals surface area contributed by atoms with E-state index in [0.29, 0.717) is 25.9 Å². The van der Waals surface area contributed by atoms with Crippen molar-refractivity contribution in [1.29, 1.82) is 0 Å². The second-order valence-corrected chi connectivity index (χ2v) is 3.86. The van der Waals surface area contributed by atoms with Crippen LogP contribution in [0.25, 0.3) is 0 Å². The van der Waals surface area contributed by atoms with Crippen LogP contribution in [0.15, 0.2) is 12.7 Å². The minimum atomic E-state index is -0.742. The lowest BCUT2D eigenvalue weighted by molar-refractivity contribution is -0.145. The summed E-state index contributed by atoms with van der Waals surface area (Å²) < 4.78 is 4.85. The molecule has 1 rings (SSSR count). The largest absolute Gasteiger partial charge is 0.481 e. The third-order valence-electron chi connectivity index (χ3n) is 2.65. The van der Waals surface area contributed by atoms with Crippen molar-refractivity contribution in [2.45, 2.75) is 12.8 Å². The van der Waals surface area contributed by atoms with Crippen molar-refractivity contribution >= 4 is 11.9 Å². The highest BCUT2D eigenvalue weighted by molar-refractivity contribution is 5.72. The highest BCUT2D eigenvalue weighted by Gasteiger charge is 2.25. The van der Waals surface area contributed by atoms with Gasteiger partial charge >= 0.3 is 11.9 Å². The van der Waals surface area contributed by atoms with Gasteiger partial charge in [0.25, 0.3) is 0 Å². The van der Waals surface area contributed by atoms with Crippen LogP contribution in [0.4, 0.5) is 0 Å². The Balaban J connectivity index is 2.23. The average Bonchev–Trinajstić information content (AvgIpc) is 2.27. The molecule has 0 aromatic heterocycles. The summed E-state index contributed by atoms with van der Waals surface area (Å²) in [6.07, 6.45) is 2.72. The molecular weight excluding hydrogens is 210 g/mol. The topological polar surface area (TPSA) is 66.8 Å². The predicted octanol–water partition coefficient (Wildman–Crippen LogP) is 0.512. The fourth-order valence-electron chi connectivity index (χ4n) is 1.72. The highest BCUT2D eigenvalue weighted by atomic mass is 16.5. The standard InChI is InChI=1S/C11H17NO4/c1-2-7-16-10(13)8-12-5-3-9(4-6-12)11(14)15/h2,9H,1,3-8H2,(H,14,15). The summed E-state index contributed by atoms with van der Waals surface area (Å²) in [6.45, 7) is 5.19. The van der Waals surface area contributed by atoms with Crippen LogP contribution >= 0.6 is 0 Å². The average molecular weight is 227 g/mol. The second kappa shape index (κ2) is 6.27. The maximum atomic E-state index is 11.3. The van der Waals surface area contributed by atoms with Crippen molar-refractivity contribution < 1.29 is 19.4 Å². The molecule has 0 atom stereocenters. The van der Waals surface area contributed by atoms with Gasteiger partial charge in [-0.1, -0.05) is 12.7 Å².